The van der Waals surface area contributed by atoms with Gasteiger partial charge in [0.05, 0.1) is 41.9 Å². The average Bonchev–Trinajstić information content (AvgIpc) is 2.79. The minimum atomic E-state index is -0.665. The molecule has 2 rings (SSSR count). The van der Waals surface area contributed by atoms with Crippen LogP contribution in [-0.4, -0.2) is 56.5 Å². The lowest BCUT2D eigenvalue weighted by molar-refractivity contribution is -0.144. The smallest absolute Gasteiger partial charge is 0.408 e. The van der Waals surface area contributed by atoms with Crippen LogP contribution in [0.4, 0.5) is 16.2 Å². The predicted octanol–water partition coefficient (Wildman–Crippen LogP) is 4.48. The van der Waals surface area contributed by atoms with Gasteiger partial charge >= 0.3 is 12.1 Å². The van der Waals surface area contributed by atoms with Gasteiger partial charge in [-0.2, -0.15) is 0 Å². The summed E-state index contributed by atoms with van der Waals surface area (Å²) in [6.07, 6.45) is -0.617. The molecule has 0 radical (unpaired) electrons. The second-order valence-corrected chi connectivity index (χ2v) is 9.41. The van der Waals surface area contributed by atoms with E-state index in [1.165, 1.54) is 0 Å². The lowest BCUT2D eigenvalue weighted by atomic mass is 10.1. The van der Waals surface area contributed by atoms with E-state index in [1.807, 2.05) is 24.3 Å². The summed E-state index contributed by atoms with van der Waals surface area (Å²) in [6, 6.07) is 12.5. The summed E-state index contributed by atoms with van der Waals surface area (Å²) in [5, 5.41) is 9.07. The molecule has 9 nitrogen and oxygen atoms in total. The van der Waals surface area contributed by atoms with Crippen molar-refractivity contribution in [2.24, 2.45) is 0 Å². The lowest BCUT2D eigenvalue weighted by Gasteiger charge is -2.19. The molecule has 0 saturated carbocycles. The van der Waals surface area contributed by atoms with Gasteiger partial charge in [0.2, 0.25) is 5.91 Å². The molecule has 0 aliphatic rings. The first-order valence-corrected chi connectivity index (χ1v) is 12.1. The zero-order chi connectivity index (χ0) is 26.6. The molecule has 0 spiro atoms. The fraction of sp³-hybridized carbons (Fsp3) is 0.400. The van der Waals surface area contributed by atoms with E-state index in [-0.39, 0.29) is 45.2 Å². The number of nitrogens with one attached hydrogen (secondary N) is 3. The number of hydrogen-bond acceptors (Lipinski definition) is 7. The number of alkyl carbamates (subject to hydrolysis) is 1. The third-order valence-electron chi connectivity index (χ3n) is 4.43. The van der Waals surface area contributed by atoms with Crippen LogP contribution in [0.15, 0.2) is 42.5 Å². The lowest BCUT2D eigenvalue weighted by Crippen LogP contribution is -2.40. The van der Waals surface area contributed by atoms with Crippen LogP contribution in [0.1, 0.15) is 26.3 Å². The quantitative estimate of drug-likeness (QED) is 0.269. The zero-order valence-electron chi connectivity index (χ0n) is 20.5. The summed E-state index contributed by atoms with van der Waals surface area (Å²) in [5.41, 5.74) is 1.34. The molecule has 0 bridgehead atoms. The largest absolute Gasteiger partial charge is 0.463 e. The van der Waals surface area contributed by atoms with Gasteiger partial charge in [-0.05, 0) is 44.5 Å². The second-order valence-electron chi connectivity index (χ2n) is 8.59. The topological polar surface area (TPSA) is 115 Å². The standard InChI is InChI=1S/C25H31Cl2N3O6/c1-25(2,3)36-24(33)29-16-21(31)28-11-12-34-13-14-35-22(32)15-17-7-4-5-10-20(17)30-23-18(26)8-6-9-19(23)27/h4-10,30H,11-16H2,1-3H3,(H,28,31)(H,29,33). The van der Waals surface area contributed by atoms with Gasteiger partial charge < -0.3 is 30.2 Å². The molecule has 0 atom stereocenters. The van der Waals surface area contributed by atoms with E-state index in [2.05, 4.69) is 16.0 Å². The monoisotopic (exact) mass is 539 g/mol. The molecule has 0 fully saturated rings. The highest BCUT2D eigenvalue weighted by Gasteiger charge is 2.16. The minimum Gasteiger partial charge on any atom is -0.463 e. The Morgan fingerprint density at radius 2 is 1.58 bits per heavy atom. The molecule has 0 saturated heterocycles. The molecule has 0 aliphatic carbocycles. The number of halogens is 2. The molecular weight excluding hydrogens is 509 g/mol. The Bertz CT molecular complexity index is 1020. The molecule has 2 aromatic carbocycles. The van der Waals surface area contributed by atoms with Gasteiger partial charge in [0.25, 0.3) is 0 Å². The highest BCUT2D eigenvalue weighted by molar-refractivity contribution is 6.39. The number of ether oxygens (including phenoxy) is 3. The van der Waals surface area contributed by atoms with Crippen LogP contribution in [0.5, 0.6) is 0 Å². The van der Waals surface area contributed by atoms with Gasteiger partial charge in [-0.15, -0.1) is 0 Å². The highest BCUT2D eigenvalue weighted by atomic mass is 35.5. The van der Waals surface area contributed by atoms with Gasteiger partial charge in [-0.1, -0.05) is 47.5 Å². The molecule has 11 heteroatoms. The molecule has 2 aromatic rings. The van der Waals surface area contributed by atoms with Crippen LogP contribution in [0.2, 0.25) is 10.0 Å². The molecular formula is C25H31Cl2N3O6. The van der Waals surface area contributed by atoms with Gasteiger partial charge in [0.1, 0.15) is 12.2 Å². The van der Waals surface area contributed by atoms with Crippen molar-refractivity contribution in [3.63, 3.8) is 0 Å². The number of amides is 2. The minimum absolute atomic E-state index is 0.0476. The molecule has 3 N–H and O–H groups in total. The Balaban J connectivity index is 1.64. The molecule has 0 aromatic heterocycles. The Kier molecular flexibility index (Phi) is 11.8. The maximum absolute atomic E-state index is 12.3. The van der Waals surface area contributed by atoms with E-state index >= 15 is 0 Å². The fourth-order valence-corrected chi connectivity index (χ4v) is 3.36. The molecule has 0 unspecified atom stereocenters. The number of hydrogen-bond donors (Lipinski definition) is 3. The maximum atomic E-state index is 12.3. The van der Waals surface area contributed by atoms with E-state index in [9.17, 15) is 14.4 Å². The summed E-state index contributed by atoms with van der Waals surface area (Å²) in [6.45, 7) is 5.70. The summed E-state index contributed by atoms with van der Waals surface area (Å²) in [4.78, 5) is 35.5. The van der Waals surface area contributed by atoms with Crippen molar-refractivity contribution in [3.8, 4) is 0 Å². The van der Waals surface area contributed by atoms with Gasteiger partial charge in [0.15, 0.2) is 0 Å². The Labute approximate surface area is 220 Å². The van der Waals surface area contributed by atoms with Crippen LogP contribution in [0, 0.1) is 0 Å². The summed E-state index contributed by atoms with van der Waals surface area (Å²) < 4.78 is 15.6. The van der Waals surface area contributed by atoms with E-state index < -0.39 is 17.7 Å². The normalized spacial score (nSPS) is 10.9. The molecule has 36 heavy (non-hydrogen) atoms. The first-order chi connectivity index (χ1) is 17.0. The molecule has 196 valence electrons. The summed E-state index contributed by atoms with van der Waals surface area (Å²) >= 11 is 12.5. The van der Waals surface area contributed by atoms with Gasteiger partial charge in [-0.3, -0.25) is 9.59 Å². The van der Waals surface area contributed by atoms with Crippen LogP contribution in [-0.2, 0) is 30.2 Å². The van der Waals surface area contributed by atoms with E-state index in [4.69, 9.17) is 37.4 Å². The van der Waals surface area contributed by atoms with Crippen molar-refractivity contribution >= 4 is 52.5 Å². The molecule has 0 aliphatic heterocycles. The van der Waals surface area contributed by atoms with Crippen LogP contribution >= 0.6 is 23.2 Å². The fourth-order valence-electron chi connectivity index (χ4n) is 2.86. The number of esters is 1. The summed E-state index contributed by atoms with van der Waals surface area (Å²) in [5.74, 6) is -0.791. The van der Waals surface area contributed by atoms with Crippen molar-refractivity contribution < 1.29 is 28.6 Å². The number of rotatable bonds is 12. The number of anilines is 2. The van der Waals surface area contributed by atoms with Crippen LogP contribution in [0.3, 0.4) is 0 Å². The van der Waals surface area contributed by atoms with Crippen molar-refractivity contribution in [3.05, 3.63) is 58.1 Å². The first-order valence-electron chi connectivity index (χ1n) is 11.3. The average molecular weight is 540 g/mol. The van der Waals surface area contributed by atoms with Crippen LogP contribution in [0.25, 0.3) is 0 Å². The zero-order valence-corrected chi connectivity index (χ0v) is 22.0. The van der Waals surface area contributed by atoms with E-state index in [0.29, 0.717) is 21.4 Å². The molecule has 0 heterocycles. The third kappa shape index (κ3) is 11.2. The second kappa shape index (κ2) is 14.5. The van der Waals surface area contributed by atoms with Crippen molar-refractivity contribution in [1.82, 2.24) is 10.6 Å². The van der Waals surface area contributed by atoms with Crippen LogP contribution < -0.4 is 16.0 Å². The first kappa shape index (κ1) is 29.2. The van der Waals surface area contributed by atoms with Gasteiger partial charge in [-0.25, -0.2) is 4.79 Å². The van der Waals surface area contributed by atoms with Crippen molar-refractivity contribution in [2.75, 3.05) is 38.2 Å². The Morgan fingerprint density at radius 1 is 0.889 bits per heavy atom. The molecule has 2 amide bonds. The number of benzene rings is 2. The van der Waals surface area contributed by atoms with E-state index in [1.54, 1.807) is 39.0 Å². The number of carbonyl (C=O) groups excluding carboxylic acids is 3. The Morgan fingerprint density at radius 3 is 2.28 bits per heavy atom. The predicted molar refractivity (Wildman–Crippen MR) is 139 cm³/mol. The van der Waals surface area contributed by atoms with Gasteiger partial charge in [0, 0.05) is 12.2 Å². The third-order valence-corrected chi connectivity index (χ3v) is 5.06. The summed E-state index contributed by atoms with van der Waals surface area (Å²) in [7, 11) is 0. The Hall–Kier alpha value is -3.01. The van der Waals surface area contributed by atoms with Crippen molar-refractivity contribution in [2.45, 2.75) is 32.8 Å². The SMILES string of the molecule is CC(C)(C)OC(=O)NCC(=O)NCCOCCOC(=O)Cc1ccccc1Nc1c(Cl)cccc1Cl. The van der Waals surface area contributed by atoms with E-state index in [0.717, 1.165) is 5.56 Å². The number of para-hydroxylation sites is 2. The van der Waals surface area contributed by atoms with Crippen molar-refractivity contribution in [1.29, 1.82) is 0 Å². The number of carbonyl (C=O) groups is 3. The highest BCUT2D eigenvalue weighted by Crippen LogP contribution is 2.33. The maximum Gasteiger partial charge on any atom is 0.408 e.